The van der Waals surface area contributed by atoms with Gasteiger partial charge in [0, 0.05) is 12.6 Å². The van der Waals surface area contributed by atoms with Crippen molar-refractivity contribution >= 4 is 0 Å². The van der Waals surface area contributed by atoms with E-state index < -0.39 is 0 Å². The van der Waals surface area contributed by atoms with Gasteiger partial charge < -0.3 is 10.6 Å². The number of rotatable bonds is 0. The minimum atomic E-state index is 0.812. The Morgan fingerprint density at radius 1 is 1.22 bits per heavy atom. The molecule has 0 amide bonds. The molecule has 2 atom stereocenters. The Balaban J connectivity index is 1.90. The normalized spacial score (nSPS) is 42.7. The molecule has 52 valence electrons. The zero-order valence-corrected chi connectivity index (χ0v) is 5.69. The van der Waals surface area contributed by atoms with Gasteiger partial charge in [0.25, 0.3) is 0 Å². The van der Waals surface area contributed by atoms with Gasteiger partial charge in [-0.3, -0.25) is 0 Å². The number of nitrogens with one attached hydrogen (secondary N) is 2. The van der Waals surface area contributed by atoms with Crippen molar-refractivity contribution < 1.29 is 0 Å². The molecule has 0 bridgehead atoms. The zero-order chi connectivity index (χ0) is 6.10. The van der Waals surface area contributed by atoms with Gasteiger partial charge in [-0.1, -0.05) is 0 Å². The molecule has 2 unspecified atom stereocenters. The SMILES string of the molecule is C1CNCC2NCC2C1. The largest absolute Gasteiger partial charge is 0.315 e. The van der Waals surface area contributed by atoms with Gasteiger partial charge in [-0.2, -0.15) is 0 Å². The third-order valence-electron chi connectivity index (χ3n) is 2.50. The molecular formula is C7H14N2. The standard InChI is InChI=1S/C7H14N2/c1-2-6-4-9-7(6)5-8-3-1/h6-9H,1-5H2. The Morgan fingerprint density at radius 2 is 2.22 bits per heavy atom. The highest BCUT2D eigenvalue weighted by atomic mass is 15.1. The maximum atomic E-state index is 3.42. The maximum absolute atomic E-state index is 3.42. The molecule has 2 fully saturated rings. The first-order valence-corrected chi connectivity index (χ1v) is 3.91. The lowest BCUT2D eigenvalue weighted by atomic mass is 9.89. The summed E-state index contributed by atoms with van der Waals surface area (Å²) in [5.74, 6) is 1.000. The van der Waals surface area contributed by atoms with E-state index in [9.17, 15) is 0 Å². The third-order valence-corrected chi connectivity index (χ3v) is 2.50. The fourth-order valence-electron chi connectivity index (χ4n) is 1.74. The summed E-state index contributed by atoms with van der Waals surface area (Å²) in [6.45, 7) is 3.70. The van der Waals surface area contributed by atoms with Gasteiger partial charge in [-0.15, -0.1) is 0 Å². The van der Waals surface area contributed by atoms with Crippen LogP contribution in [0.5, 0.6) is 0 Å². The summed E-state index contributed by atoms with van der Waals surface area (Å²) in [5, 5.41) is 6.84. The summed E-state index contributed by atoms with van der Waals surface area (Å²) in [4.78, 5) is 0. The van der Waals surface area contributed by atoms with Gasteiger partial charge in [-0.05, 0) is 31.8 Å². The Labute approximate surface area is 56.0 Å². The number of fused-ring (bicyclic) bond motifs is 1. The fraction of sp³-hybridized carbons (Fsp3) is 1.00. The van der Waals surface area contributed by atoms with Gasteiger partial charge in [0.15, 0.2) is 0 Å². The van der Waals surface area contributed by atoms with Crippen LogP contribution in [0.2, 0.25) is 0 Å². The second kappa shape index (κ2) is 2.27. The topological polar surface area (TPSA) is 24.1 Å². The van der Waals surface area contributed by atoms with Crippen molar-refractivity contribution in [2.24, 2.45) is 5.92 Å². The van der Waals surface area contributed by atoms with Gasteiger partial charge >= 0.3 is 0 Å². The van der Waals surface area contributed by atoms with Crippen LogP contribution in [0.25, 0.3) is 0 Å². The van der Waals surface area contributed by atoms with Crippen LogP contribution in [0.1, 0.15) is 12.8 Å². The van der Waals surface area contributed by atoms with Gasteiger partial charge in [0.2, 0.25) is 0 Å². The van der Waals surface area contributed by atoms with Crippen LogP contribution in [0.15, 0.2) is 0 Å². The smallest absolute Gasteiger partial charge is 0.0232 e. The molecule has 2 saturated heterocycles. The van der Waals surface area contributed by atoms with Crippen molar-refractivity contribution in [1.29, 1.82) is 0 Å². The monoisotopic (exact) mass is 126 g/mol. The Kier molecular flexibility index (Phi) is 1.44. The van der Waals surface area contributed by atoms with E-state index in [0.717, 1.165) is 12.0 Å². The van der Waals surface area contributed by atoms with E-state index in [2.05, 4.69) is 10.6 Å². The maximum Gasteiger partial charge on any atom is 0.0232 e. The highest BCUT2D eigenvalue weighted by Gasteiger charge is 2.30. The van der Waals surface area contributed by atoms with Gasteiger partial charge in [0.1, 0.15) is 0 Å². The number of hydrogen-bond donors (Lipinski definition) is 2. The Morgan fingerprint density at radius 3 is 3.00 bits per heavy atom. The molecule has 2 rings (SSSR count). The van der Waals surface area contributed by atoms with Crippen molar-refractivity contribution in [3.8, 4) is 0 Å². The predicted octanol–water partition coefficient (Wildman–Crippen LogP) is -0.0422. The van der Waals surface area contributed by atoms with E-state index >= 15 is 0 Å². The van der Waals surface area contributed by atoms with Crippen molar-refractivity contribution in [1.82, 2.24) is 10.6 Å². The quantitative estimate of drug-likeness (QED) is 0.476. The van der Waals surface area contributed by atoms with Crippen LogP contribution < -0.4 is 10.6 Å². The van der Waals surface area contributed by atoms with Gasteiger partial charge in [0.05, 0.1) is 0 Å². The van der Waals surface area contributed by atoms with Crippen LogP contribution in [0.3, 0.4) is 0 Å². The van der Waals surface area contributed by atoms with E-state index in [1.807, 2.05) is 0 Å². The minimum Gasteiger partial charge on any atom is -0.315 e. The van der Waals surface area contributed by atoms with Crippen molar-refractivity contribution in [2.75, 3.05) is 19.6 Å². The first-order chi connectivity index (χ1) is 4.47. The summed E-state index contributed by atoms with van der Waals surface area (Å²) >= 11 is 0. The van der Waals surface area contributed by atoms with E-state index in [1.165, 1.54) is 32.5 Å². The van der Waals surface area contributed by atoms with Crippen molar-refractivity contribution in [3.05, 3.63) is 0 Å². The average molecular weight is 126 g/mol. The molecule has 0 saturated carbocycles. The summed E-state index contributed by atoms with van der Waals surface area (Å²) in [6.07, 6.45) is 2.81. The third kappa shape index (κ3) is 0.970. The molecule has 2 N–H and O–H groups in total. The van der Waals surface area contributed by atoms with Crippen LogP contribution >= 0.6 is 0 Å². The molecule has 2 heteroatoms. The lowest BCUT2D eigenvalue weighted by molar-refractivity contribution is 0.230. The summed E-state index contributed by atoms with van der Waals surface area (Å²) in [6, 6.07) is 0.812. The Hall–Kier alpha value is -0.0800. The first-order valence-electron chi connectivity index (χ1n) is 3.91. The molecule has 2 aliphatic rings. The summed E-state index contributed by atoms with van der Waals surface area (Å²) < 4.78 is 0. The second-order valence-corrected chi connectivity index (χ2v) is 3.12. The molecule has 0 aliphatic carbocycles. The average Bonchev–Trinajstić information content (AvgIpc) is 1.94. The molecule has 0 aromatic carbocycles. The fourth-order valence-corrected chi connectivity index (χ4v) is 1.74. The van der Waals surface area contributed by atoms with E-state index in [0.29, 0.717) is 0 Å². The zero-order valence-electron chi connectivity index (χ0n) is 5.69. The minimum absolute atomic E-state index is 0.812. The van der Waals surface area contributed by atoms with Crippen molar-refractivity contribution in [2.45, 2.75) is 18.9 Å². The van der Waals surface area contributed by atoms with E-state index in [1.54, 1.807) is 0 Å². The second-order valence-electron chi connectivity index (χ2n) is 3.12. The molecule has 0 radical (unpaired) electrons. The summed E-state index contributed by atoms with van der Waals surface area (Å²) in [7, 11) is 0. The molecule has 0 aromatic rings. The molecule has 2 nitrogen and oxygen atoms in total. The highest BCUT2D eigenvalue weighted by molar-refractivity contribution is 4.91. The molecule has 0 aromatic heterocycles. The molecular weight excluding hydrogens is 112 g/mol. The molecule has 2 aliphatic heterocycles. The first kappa shape index (κ1) is 5.69. The Bertz CT molecular complexity index is 91.1. The van der Waals surface area contributed by atoms with Crippen LogP contribution in [-0.4, -0.2) is 25.7 Å². The van der Waals surface area contributed by atoms with E-state index in [-0.39, 0.29) is 0 Å². The molecule has 9 heavy (non-hydrogen) atoms. The lowest BCUT2D eigenvalue weighted by Gasteiger charge is -2.36. The molecule has 2 heterocycles. The predicted molar refractivity (Wildman–Crippen MR) is 37.4 cm³/mol. The summed E-state index contributed by atoms with van der Waals surface area (Å²) in [5.41, 5.74) is 0. The lowest BCUT2D eigenvalue weighted by Crippen LogP contribution is -2.55. The van der Waals surface area contributed by atoms with Crippen molar-refractivity contribution in [3.63, 3.8) is 0 Å². The number of hydrogen-bond acceptors (Lipinski definition) is 2. The molecule has 0 spiro atoms. The van der Waals surface area contributed by atoms with Crippen LogP contribution in [0.4, 0.5) is 0 Å². The van der Waals surface area contributed by atoms with Crippen LogP contribution in [-0.2, 0) is 0 Å². The van der Waals surface area contributed by atoms with Gasteiger partial charge in [-0.25, -0.2) is 0 Å². The van der Waals surface area contributed by atoms with E-state index in [4.69, 9.17) is 0 Å². The van der Waals surface area contributed by atoms with Crippen LogP contribution in [0, 0.1) is 5.92 Å². The highest BCUT2D eigenvalue weighted by Crippen LogP contribution is 2.19.